The summed E-state index contributed by atoms with van der Waals surface area (Å²) in [6.07, 6.45) is 0. The Labute approximate surface area is 118 Å². The molecule has 18 heavy (non-hydrogen) atoms. The van der Waals surface area contributed by atoms with Crippen LogP contribution in [0.2, 0.25) is 0 Å². The highest BCUT2D eigenvalue weighted by Crippen LogP contribution is 2.30. The van der Waals surface area contributed by atoms with Crippen molar-refractivity contribution in [3.63, 3.8) is 0 Å². The second-order valence-corrected chi connectivity index (χ2v) is 5.95. The van der Waals surface area contributed by atoms with Crippen molar-refractivity contribution in [1.29, 1.82) is 0 Å². The first-order valence-electron chi connectivity index (χ1n) is 5.95. The van der Waals surface area contributed by atoms with E-state index in [9.17, 15) is 0 Å². The molecule has 0 spiro atoms. The molecule has 0 bridgehead atoms. The number of ether oxygens (including phenoxy) is 1. The highest BCUT2D eigenvalue weighted by atomic mass is 32.2. The van der Waals surface area contributed by atoms with Gasteiger partial charge < -0.3 is 15.4 Å². The van der Waals surface area contributed by atoms with E-state index in [4.69, 9.17) is 22.7 Å². The van der Waals surface area contributed by atoms with Crippen LogP contribution >= 0.6 is 24.0 Å². The molecule has 1 heterocycles. The lowest BCUT2D eigenvalue weighted by molar-refractivity contribution is 0.414. The minimum atomic E-state index is 0.443. The van der Waals surface area contributed by atoms with Crippen LogP contribution < -0.4 is 15.4 Å². The van der Waals surface area contributed by atoms with Crippen molar-refractivity contribution >= 4 is 34.7 Å². The lowest BCUT2D eigenvalue weighted by Gasteiger charge is -2.36. The maximum Gasteiger partial charge on any atom is 0.120 e. The van der Waals surface area contributed by atoms with Gasteiger partial charge in [0, 0.05) is 35.7 Å². The number of thioether (sulfide) groups is 1. The van der Waals surface area contributed by atoms with Crippen LogP contribution in [0.15, 0.2) is 18.2 Å². The molecule has 0 aliphatic carbocycles. The first-order chi connectivity index (χ1) is 8.63. The number of anilines is 1. The average Bonchev–Trinajstić information content (AvgIpc) is 2.38. The molecule has 1 atom stereocenters. The normalized spacial score (nSPS) is 19.7. The van der Waals surface area contributed by atoms with Gasteiger partial charge >= 0.3 is 0 Å². The van der Waals surface area contributed by atoms with E-state index in [0.717, 1.165) is 35.1 Å². The van der Waals surface area contributed by atoms with Crippen LogP contribution in [0.4, 0.5) is 5.69 Å². The van der Waals surface area contributed by atoms with Crippen LogP contribution in [0.25, 0.3) is 0 Å². The van der Waals surface area contributed by atoms with Crippen LogP contribution in [-0.2, 0) is 0 Å². The number of hydrogen-bond donors (Lipinski definition) is 1. The van der Waals surface area contributed by atoms with Crippen molar-refractivity contribution in [3.05, 3.63) is 23.8 Å². The predicted molar refractivity (Wildman–Crippen MR) is 83.0 cm³/mol. The Kier molecular flexibility index (Phi) is 4.35. The third kappa shape index (κ3) is 2.72. The molecule has 1 unspecified atom stereocenters. The Balaban J connectivity index is 2.42. The number of methoxy groups -OCH3 is 1. The Morgan fingerprint density at radius 2 is 2.33 bits per heavy atom. The zero-order valence-corrected chi connectivity index (χ0v) is 12.3. The molecular weight excluding hydrogens is 264 g/mol. The molecule has 98 valence electrons. The number of hydrogen-bond acceptors (Lipinski definition) is 4. The number of nitrogens with zero attached hydrogens (tertiary/aromatic N) is 1. The van der Waals surface area contributed by atoms with Gasteiger partial charge in [0.25, 0.3) is 0 Å². The second kappa shape index (κ2) is 5.80. The zero-order chi connectivity index (χ0) is 13.1. The van der Waals surface area contributed by atoms with Crippen molar-refractivity contribution in [1.82, 2.24) is 0 Å². The second-order valence-electron chi connectivity index (χ2n) is 4.36. The molecule has 3 nitrogen and oxygen atoms in total. The molecule has 1 saturated heterocycles. The molecule has 0 aromatic heterocycles. The summed E-state index contributed by atoms with van der Waals surface area (Å²) in [6, 6.07) is 6.37. The van der Waals surface area contributed by atoms with Crippen LogP contribution in [-0.4, -0.2) is 36.2 Å². The molecule has 1 aromatic rings. The maximum atomic E-state index is 5.82. The summed E-state index contributed by atoms with van der Waals surface area (Å²) in [5.41, 5.74) is 7.84. The van der Waals surface area contributed by atoms with E-state index in [2.05, 4.69) is 11.8 Å². The fourth-order valence-corrected chi connectivity index (χ4v) is 3.36. The molecular formula is C13H18N2OS2. The molecule has 1 fully saturated rings. The third-order valence-corrected chi connectivity index (χ3v) is 4.56. The lowest BCUT2D eigenvalue weighted by atomic mass is 10.1. The van der Waals surface area contributed by atoms with Crippen LogP contribution in [0.5, 0.6) is 5.75 Å². The summed E-state index contributed by atoms with van der Waals surface area (Å²) < 4.78 is 5.30. The average molecular weight is 282 g/mol. The van der Waals surface area contributed by atoms with Crippen molar-refractivity contribution in [2.45, 2.75) is 13.0 Å². The van der Waals surface area contributed by atoms with Crippen molar-refractivity contribution in [2.24, 2.45) is 5.73 Å². The molecule has 1 aromatic carbocycles. The van der Waals surface area contributed by atoms with Gasteiger partial charge in [0.1, 0.15) is 10.7 Å². The maximum absolute atomic E-state index is 5.82. The van der Waals surface area contributed by atoms with Crippen LogP contribution in [0.1, 0.15) is 12.5 Å². The topological polar surface area (TPSA) is 38.5 Å². The van der Waals surface area contributed by atoms with Crippen molar-refractivity contribution in [2.75, 3.05) is 30.1 Å². The molecule has 1 aliphatic rings. The van der Waals surface area contributed by atoms with E-state index in [0.29, 0.717) is 11.0 Å². The fraction of sp³-hybridized carbons (Fsp3) is 0.462. The quantitative estimate of drug-likeness (QED) is 0.861. The Morgan fingerprint density at radius 3 is 2.94 bits per heavy atom. The van der Waals surface area contributed by atoms with Gasteiger partial charge in [0.15, 0.2) is 0 Å². The van der Waals surface area contributed by atoms with Crippen LogP contribution in [0, 0.1) is 0 Å². The Bertz CT molecular complexity index is 451. The van der Waals surface area contributed by atoms with Gasteiger partial charge in [-0.15, -0.1) is 0 Å². The van der Waals surface area contributed by atoms with E-state index in [1.165, 1.54) is 0 Å². The highest BCUT2D eigenvalue weighted by Gasteiger charge is 2.22. The number of nitrogens with two attached hydrogens (primary N) is 1. The fourth-order valence-electron chi connectivity index (χ4n) is 2.17. The largest absolute Gasteiger partial charge is 0.497 e. The van der Waals surface area contributed by atoms with Gasteiger partial charge in [-0.2, -0.15) is 11.8 Å². The highest BCUT2D eigenvalue weighted by molar-refractivity contribution is 7.99. The van der Waals surface area contributed by atoms with E-state index >= 15 is 0 Å². The Morgan fingerprint density at radius 1 is 1.56 bits per heavy atom. The van der Waals surface area contributed by atoms with Gasteiger partial charge in [-0.1, -0.05) is 12.2 Å². The first kappa shape index (κ1) is 13.5. The van der Waals surface area contributed by atoms with Gasteiger partial charge in [0.05, 0.1) is 12.8 Å². The first-order valence-corrected chi connectivity index (χ1v) is 7.52. The zero-order valence-electron chi connectivity index (χ0n) is 10.7. The molecule has 2 rings (SSSR count). The minimum Gasteiger partial charge on any atom is -0.497 e. The molecule has 0 amide bonds. The van der Waals surface area contributed by atoms with Gasteiger partial charge in [-0.05, 0) is 19.1 Å². The van der Waals surface area contributed by atoms with Gasteiger partial charge in [0.2, 0.25) is 0 Å². The minimum absolute atomic E-state index is 0.443. The summed E-state index contributed by atoms with van der Waals surface area (Å²) >= 11 is 7.13. The van der Waals surface area contributed by atoms with E-state index in [1.807, 2.05) is 30.0 Å². The van der Waals surface area contributed by atoms with Gasteiger partial charge in [-0.3, -0.25) is 0 Å². The van der Waals surface area contributed by atoms with Crippen LogP contribution in [0.3, 0.4) is 0 Å². The summed E-state index contributed by atoms with van der Waals surface area (Å²) in [5, 5.41) is 0. The number of thiocarbonyl (C=S) groups is 1. The molecule has 2 N–H and O–H groups in total. The number of benzene rings is 1. The smallest absolute Gasteiger partial charge is 0.120 e. The monoisotopic (exact) mass is 282 g/mol. The summed E-state index contributed by atoms with van der Waals surface area (Å²) in [7, 11) is 1.68. The Hall–Kier alpha value is -0.940. The lowest BCUT2D eigenvalue weighted by Crippen LogP contribution is -2.41. The van der Waals surface area contributed by atoms with Crippen molar-refractivity contribution < 1.29 is 4.74 Å². The number of rotatable bonds is 3. The molecule has 0 radical (unpaired) electrons. The van der Waals surface area contributed by atoms with E-state index in [1.54, 1.807) is 7.11 Å². The molecule has 1 aliphatic heterocycles. The SMILES string of the molecule is COc1ccc(C(N)=S)c(N2CCSCC2C)c1. The third-order valence-electron chi connectivity index (χ3n) is 3.15. The predicted octanol–water partition coefficient (Wildman–Crippen LogP) is 2.27. The van der Waals surface area contributed by atoms with Gasteiger partial charge in [-0.25, -0.2) is 0 Å². The van der Waals surface area contributed by atoms with Crippen molar-refractivity contribution in [3.8, 4) is 5.75 Å². The summed E-state index contributed by atoms with van der Waals surface area (Å²) in [4.78, 5) is 2.81. The standard InChI is InChI=1S/C13H18N2OS2/c1-9-8-18-6-5-15(9)12-7-10(16-2)3-4-11(12)13(14)17/h3-4,7,9H,5-6,8H2,1-2H3,(H2,14,17). The van der Waals surface area contributed by atoms with E-state index in [-0.39, 0.29) is 0 Å². The summed E-state index contributed by atoms with van der Waals surface area (Å²) in [5.74, 6) is 3.11. The molecule has 0 saturated carbocycles. The summed E-state index contributed by atoms with van der Waals surface area (Å²) in [6.45, 7) is 3.25. The molecule has 5 heteroatoms. The van der Waals surface area contributed by atoms with E-state index < -0.39 is 0 Å².